The summed E-state index contributed by atoms with van der Waals surface area (Å²) >= 11 is 1.65. The lowest BCUT2D eigenvalue weighted by atomic mass is 9.90. The van der Waals surface area contributed by atoms with Crippen molar-refractivity contribution in [3.8, 4) is 0 Å². The zero-order chi connectivity index (χ0) is 14.7. The monoisotopic (exact) mass is 294 g/mol. The molecule has 2 aromatic carbocycles. The summed E-state index contributed by atoms with van der Waals surface area (Å²) < 4.78 is 0. The number of hydrogen-bond acceptors (Lipinski definition) is 3. The predicted molar refractivity (Wildman–Crippen MR) is 85.8 cm³/mol. The highest BCUT2D eigenvalue weighted by molar-refractivity contribution is 7.98. The largest absolute Gasteiger partial charge is 0.289 e. The summed E-state index contributed by atoms with van der Waals surface area (Å²) in [5, 5.41) is 0. The number of allylic oxidation sites excluding steroid dienone is 1. The van der Waals surface area contributed by atoms with Crippen LogP contribution < -0.4 is 0 Å². The van der Waals surface area contributed by atoms with Gasteiger partial charge in [-0.25, -0.2) is 0 Å². The van der Waals surface area contributed by atoms with Crippen LogP contribution in [-0.2, 0) is 5.75 Å². The first-order valence-electron chi connectivity index (χ1n) is 6.76. The molecule has 1 aliphatic carbocycles. The van der Waals surface area contributed by atoms with Crippen molar-refractivity contribution in [3.05, 3.63) is 82.9 Å². The first kappa shape index (κ1) is 13.8. The van der Waals surface area contributed by atoms with Gasteiger partial charge in [0.15, 0.2) is 11.6 Å². The molecule has 3 rings (SSSR count). The Morgan fingerprint density at radius 2 is 1.43 bits per heavy atom. The van der Waals surface area contributed by atoms with Crippen LogP contribution >= 0.6 is 11.8 Å². The van der Waals surface area contributed by atoms with Crippen LogP contribution in [0.2, 0.25) is 0 Å². The van der Waals surface area contributed by atoms with Gasteiger partial charge in [-0.2, -0.15) is 11.8 Å². The summed E-state index contributed by atoms with van der Waals surface area (Å²) in [6.07, 6.45) is 1.49. The lowest BCUT2D eigenvalue weighted by molar-refractivity contribution is 0.0985. The molecule has 0 aliphatic heterocycles. The zero-order valence-electron chi connectivity index (χ0n) is 11.4. The summed E-state index contributed by atoms with van der Waals surface area (Å²) in [7, 11) is 0. The van der Waals surface area contributed by atoms with E-state index in [1.807, 2.05) is 18.2 Å². The maximum absolute atomic E-state index is 12.4. The second kappa shape index (κ2) is 6.10. The fourth-order valence-corrected chi connectivity index (χ4v) is 3.30. The fourth-order valence-electron chi connectivity index (χ4n) is 2.33. The molecule has 0 atom stereocenters. The van der Waals surface area contributed by atoms with E-state index < -0.39 is 0 Å². The molecule has 0 fully saturated rings. The van der Waals surface area contributed by atoms with Crippen LogP contribution in [0.3, 0.4) is 0 Å². The van der Waals surface area contributed by atoms with Gasteiger partial charge in [0.1, 0.15) is 0 Å². The first-order valence-corrected chi connectivity index (χ1v) is 7.91. The molecule has 2 nitrogen and oxygen atoms in total. The average Bonchev–Trinajstić information content (AvgIpc) is 2.53. The van der Waals surface area contributed by atoms with E-state index in [1.54, 1.807) is 36.0 Å². The summed E-state index contributed by atoms with van der Waals surface area (Å²) in [4.78, 5) is 24.4. The molecule has 0 N–H and O–H groups in total. The number of fused-ring (bicyclic) bond motifs is 1. The fraction of sp³-hybridized carbons (Fsp3) is 0.111. The molecule has 0 unspecified atom stereocenters. The third kappa shape index (κ3) is 2.98. The summed E-state index contributed by atoms with van der Waals surface area (Å²) in [5.74, 6) is 1.31. The summed E-state index contributed by atoms with van der Waals surface area (Å²) in [6.45, 7) is 0. The summed E-state index contributed by atoms with van der Waals surface area (Å²) in [5.41, 5.74) is 2.86. The first-order chi connectivity index (χ1) is 10.3. The maximum Gasteiger partial charge on any atom is 0.190 e. The number of thioether (sulfide) groups is 1. The normalized spacial score (nSPS) is 13.8. The Morgan fingerprint density at radius 1 is 0.762 bits per heavy atom. The van der Waals surface area contributed by atoms with Gasteiger partial charge in [0.05, 0.1) is 0 Å². The smallest absolute Gasteiger partial charge is 0.190 e. The van der Waals surface area contributed by atoms with Gasteiger partial charge >= 0.3 is 0 Å². The SMILES string of the molecule is O=C1C=C(CSCc2ccccc2)C(=O)c2ccccc21. The lowest BCUT2D eigenvalue weighted by Crippen LogP contribution is -2.18. The van der Waals surface area contributed by atoms with E-state index in [-0.39, 0.29) is 11.6 Å². The van der Waals surface area contributed by atoms with E-state index in [1.165, 1.54) is 11.6 Å². The minimum Gasteiger partial charge on any atom is -0.289 e. The molecule has 1 aliphatic rings. The average molecular weight is 294 g/mol. The molecule has 0 spiro atoms. The molecule has 0 aromatic heterocycles. The summed E-state index contributed by atoms with van der Waals surface area (Å²) in [6, 6.07) is 17.1. The second-order valence-corrected chi connectivity index (χ2v) is 5.87. The van der Waals surface area contributed by atoms with Crippen LogP contribution in [0.25, 0.3) is 0 Å². The highest BCUT2D eigenvalue weighted by Crippen LogP contribution is 2.24. The Hall–Kier alpha value is -2.13. The molecule has 0 saturated carbocycles. The molecule has 104 valence electrons. The zero-order valence-corrected chi connectivity index (χ0v) is 12.2. The molecule has 0 radical (unpaired) electrons. The topological polar surface area (TPSA) is 34.1 Å². The van der Waals surface area contributed by atoms with Gasteiger partial charge in [-0.05, 0) is 11.6 Å². The number of Topliss-reactive ketones (excluding diaryl/α,β-unsaturated/α-hetero) is 1. The Balaban J connectivity index is 1.70. The molecule has 0 amide bonds. The van der Waals surface area contributed by atoms with Crippen LogP contribution in [0.15, 0.2) is 66.2 Å². The van der Waals surface area contributed by atoms with Gasteiger partial charge in [-0.15, -0.1) is 0 Å². The predicted octanol–water partition coefficient (Wildman–Crippen LogP) is 3.93. The number of rotatable bonds is 4. The van der Waals surface area contributed by atoms with Crippen LogP contribution in [-0.4, -0.2) is 17.3 Å². The van der Waals surface area contributed by atoms with Crippen molar-refractivity contribution in [2.24, 2.45) is 0 Å². The van der Waals surface area contributed by atoms with Crippen LogP contribution in [0.5, 0.6) is 0 Å². The maximum atomic E-state index is 12.4. The van der Waals surface area contributed by atoms with Crippen molar-refractivity contribution in [3.63, 3.8) is 0 Å². The number of carbonyl (C=O) groups excluding carboxylic acids is 2. The number of benzene rings is 2. The van der Waals surface area contributed by atoms with E-state index in [0.29, 0.717) is 22.5 Å². The number of ketones is 2. The highest BCUT2D eigenvalue weighted by atomic mass is 32.2. The van der Waals surface area contributed by atoms with E-state index in [2.05, 4.69) is 12.1 Å². The Bertz CT molecular complexity index is 717. The Morgan fingerprint density at radius 3 is 2.19 bits per heavy atom. The van der Waals surface area contributed by atoms with Crippen LogP contribution in [0.1, 0.15) is 26.3 Å². The third-order valence-electron chi connectivity index (χ3n) is 3.40. The quantitative estimate of drug-likeness (QED) is 0.857. The Kier molecular flexibility index (Phi) is 4.02. The molecule has 0 heterocycles. The molecule has 2 aromatic rings. The molecular weight excluding hydrogens is 280 g/mol. The van der Waals surface area contributed by atoms with Crippen molar-refractivity contribution in [1.29, 1.82) is 0 Å². The van der Waals surface area contributed by atoms with Crippen molar-refractivity contribution in [2.75, 3.05) is 5.75 Å². The van der Waals surface area contributed by atoms with E-state index in [0.717, 1.165) is 5.75 Å². The van der Waals surface area contributed by atoms with Gasteiger partial charge < -0.3 is 0 Å². The minimum atomic E-state index is -0.0690. The third-order valence-corrected chi connectivity index (χ3v) is 4.46. The van der Waals surface area contributed by atoms with Gasteiger partial charge in [-0.1, -0.05) is 54.6 Å². The van der Waals surface area contributed by atoms with E-state index in [9.17, 15) is 9.59 Å². The number of hydrogen-bond donors (Lipinski definition) is 0. The van der Waals surface area contributed by atoms with Gasteiger partial charge in [0.25, 0.3) is 0 Å². The molecule has 3 heteroatoms. The lowest BCUT2D eigenvalue weighted by Gasteiger charge is -2.14. The van der Waals surface area contributed by atoms with Crippen molar-refractivity contribution >= 4 is 23.3 Å². The number of carbonyl (C=O) groups is 2. The molecule has 0 saturated heterocycles. The second-order valence-electron chi connectivity index (χ2n) is 4.89. The van der Waals surface area contributed by atoms with Crippen LogP contribution in [0.4, 0.5) is 0 Å². The minimum absolute atomic E-state index is 0.0224. The Labute approximate surface area is 127 Å². The van der Waals surface area contributed by atoms with Crippen molar-refractivity contribution < 1.29 is 9.59 Å². The van der Waals surface area contributed by atoms with Crippen molar-refractivity contribution in [1.82, 2.24) is 0 Å². The van der Waals surface area contributed by atoms with E-state index in [4.69, 9.17) is 0 Å². The van der Waals surface area contributed by atoms with Gasteiger partial charge in [0.2, 0.25) is 0 Å². The van der Waals surface area contributed by atoms with Gasteiger partial charge in [0, 0.05) is 28.2 Å². The van der Waals surface area contributed by atoms with Gasteiger partial charge in [-0.3, -0.25) is 9.59 Å². The molecule has 21 heavy (non-hydrogen) atoms. The molecular formula is C18H14O2S. The van der Waals surface area contributed by atoms with E-state index >= 15 is 0 Å². The standard InChI is InChI=1S/C18H14O2S/c19-17-10-14(12-21-11-13-6-2-1-3-7-13)18(20)16-9-5-4-8-15(16)17/h1-10H,11-12H2. The van der Waals surface area contributed by atoms with Crippen LogP contribution in [0, 0.1) is 0 Å². The van der Waals surface area contributed by atoms with Crippen molar-refractivity contribution in [2.45, 2.75) is 5.75 Å². The highest BCUT2D eigenvalue weighted by Gasteiger charge is 2.24. The molecule has 0 bridgehead atoms.